The number of halogens is 2. The Balaban J connectivity index is 0.00000192. The summed E-state index contributed by atoms with van der Waals surface area (Å²) in [6, 6.07) is 9.06. The fourth-order valence-corrected chi connectivity index (χ4v) is 7.91. The van der Waals surface area contributed by atoms with Crippen molar-refractivity contribution in [3.05, 3.63) is 41.5 Å². The summed E-state index contributed by atoms with van der Waals surface area (Å²) in [5, 5.41) is 0. The maximum absolute atomic E-state index is 3.97. The number of allylic oxidation sites excluding steroid dienone is 1. The number of nitrogens with zero attached hydrogens (tertiary/aromatic N) is 1. The molecular formula is C19H30Cl2HfN2Si-2. The topological polar surface area (TPSA) is 15.3 Å². The molecule has 1 N–H and O–H groups in total. The number of likely N-dealkylation sites (tertiary alicyclic amines) is 1. The smallest absolute Gasteiger partial charge is 0.131 e. The van der Waals surface area contributed by atoms with Gasteiger partial charge in [0.05, 0.1) is 0 Å². The first-order chi connectivity index (χ1) is 10.3. The molecule has 1 aliphatic heterocycles. The Morgan fingerprint density at radius 2 is 1.60 bits per heavy atom. The van der Waals surface area contributed by atoms with Crippen molar-refractivity contribution in [1.29, 1.82) is 0 Å². The van der Waals surface area contributed by atoms with E-state index in [1.807, 2.05) is 0 Å². The molecule has 2 aliphatic rings. The van der Waals surface area contributed by atoms with Crippen molar-refractivity contribution in [2.45, 2.75) is 57.8 Å². The summed E-state index contributed by atoms with van der Waals surface area (Å²) in [6.07, 6.45) is 5.25. The zero-order valence-electron chi connectivity index (χ0n) is 16.0. The second kappa shape index (κ2) is 9.54. The molecule has 1 unspecified atom stereocenters. The maximum Gasteiger partial charge on any atom is 0.131 e. The molecule has 0 spiro atoms. The van der Waals surface area contributed by atoms with Crippen LogP contribution < -0.4 is 29.8 Å². The molecule has 0 radical (unpaired) electrons. The molecule has 1 fully saturated rings. The summed E-state index contributed by atoms with van der Waals surface area (Å²) < 4.78 is 0. The van der Waals surface area contributed by atoms with Gasteiger partial charge in [0, 0.05) is 61.3 Å². The number of nitrogens with one attached hydrogen (secondary N) is 1. The monoisotopic (exact) mass is 564 g/mol. The van der Waals surface area contributed by atoms with Crippen LogP contribution in [0.3, 0.4) is 0 Å². The molecular weight excluding hydrogens is 534 g/mol. The van der Waals surface area contributed by atoms with Gasteiger partial charge in [-0.05, 0) is 39.2 Å². The number of hydrogen-bond acceptors (Lipinski definition) is 2. The molecule has 1 aromatic rings. The molecule has 3 rings (SSSR count). The molecule has 1 saturated heterocycles. The van der Waals surface area contributed by atoms with E-state index in [0.717, 1.165) is 0 Å². The third kappa shape index (κ3) is 5.68. The molecule has 140 valence electrons. The summed E-state index contributed by atoms with van der Waals surface area (Å²) in [5.41, 5.74) is 5.26. The van der Waals surface area contributed by atoms with Crippen LogP contribution in [0.25, 0.3) is 5.70 Å². The second-order valence-electron chi connectivity index (χ2n) is 8.41. The Labute approximate surface area is 185 Å². The number of benzene rings is 1. The average Bonchev–Trinajstić information content (AvgIpc) is 3.02. The fraction of sp³-hybridized carbons (Fsp3) is 0.579. The van der Waals surface area contributed by atoms with Crippen molar-refractivity contribution in [2.24, 2.45) is 0 Å². The number of rotatable bonds is 3. The molecule has 1 atom stereocenters. The quantitative estimate of drug-likeness (QED) is 0.444. The Bertz CT molecular complexity index is 593. The minimum atomic E-state index is -1.60. The van der Waals surface area contributed by atoms with Crippen molar-refractivity contribution >= 4 is 13.9 Å². The third-order valence-electron chi connectivity index (χ3n) is 4.82. The van der Waals surface area contributed by atoms with Crippen LogP contribution in [0.5, 0.6) is 0 Å². The molecule has 6 heteroatoms. The van der Waals surface area contributed by atoms with Crippen LogP contribution in [0.15, 0.2) is 30.3 Å². The van der Waals surface area contributed by atoms with Gasteiger partial charge >= 0.3 is 0 Å². The summed E-state index contributed by atoms with van der Waals surface area (Å²) >= 11 is 0. The SMILES string of the molecule is CC(C)(C)N[Si](C)(C)C1C=C(N2CCCC2)c2ccccc21.[Cl-].[Cl-].[Hf]. The predicted octanol–water partition coefficient (Wildman–Crippen LogP) is -1.64. The van der Waals surface area contributed by atoms with Gasteiger partial charge in [0.2, 0.25) is 0 Å². The van der Waals surface area contributed by atoms with Gasteiger partial charge in [0.15, 0.2) is 0 Å². The molecule has 0 aromatic heterocycles. The van der Waals surface area contributed by atoms with Crippen molar-refractivity contribution < 1.29 is 50.7 Å². The molecule has 1 aromatic carbocycles. The second-order valence-corrected chi connectivity index (χ2v) is 12.7. The Hall–Kier alpha value is 0.387. The molecule has 1 heterocycles. The zero-order valence-corrected chi connectivity index (χ0v) is 22.1. The standard InChI is InChI=1S/C19H30N2Si.2ClH.Hf/c1-19(2,3)20-22(4,5)18-14-17(21-12-8-9-13-21)15-10-6-7-11-16(15)18;;;/h6-7,10-11,14,18,20H,8-9,12-13H2,1-5H3;2*1H;/p-2. The average molecular weight is 564 g/mol. The van der Waals surface area contributed by atoms with E-state index >= 15 is 0 Å². The van der Waals surface area contributed by atoms with Gasteiger partial charge in [0.1, 0.15) is 8.24 Å². The first-order valence-electron chi connectivity index (χ1n) is 8.63. The summed E-state index contributed by atoms with van der Waals surface area (Å²) in [4.78, 5) is 6.56. The van der Waals surface area contributed by atoms with E-state index in [2.05, 4.69) is 74.1 Å². The Kier molecular flexibility index (Phi) is 9.69. The summed E-state index contributed by atoms with van der Waals surface area (Å²) in [6.45, 7) is 14.3. The van der Waals surface area contributed by atoms with E-state index in [-0.39, 0.29) is 56.2 Å². The van der Waals surface area contributed by atoms with Crippen molar-refractivity contribution in [1.82, 2.24) is 9.88 Å². The first kappa shape index (κ1) is 25.4. The van der Waals surface area contributed by atoms with E-state index in [1.165, 1.54) is 42.8 Å². The molecule has 2 nitrogen and oxygen atoms in total. The normalized spacial score (nSPS) is 19.3. The van der Waals surface area contributed by atoms with Crippen LogP contribution in [0, 0.1) is 0 Å². The largest absolute Gasteiger partial charge is 1.00 e. The minimum absolute atomic E-state index is 0. The van der Waals surface area contributed by atoms with Gasteiger partial charge in [-0.1, -0.05) is 43.4 Å². The summed E-state index contributed by atoms with van der Waals surface area (Å²) in [7, 11) is -1.60. The van der Waals surface area contributed by atoms with Crippen LogP contribution in [0.1, 0.15) is 50.3 Å². The van der Waals surface area contributed by atoms with E-state index in [9.17, 15) is 0 Å². The molecule has 0 saturated carbocycles. The Morgan fingerprint density at radius 1 is 1.04 bits per heavy atom. The van der Waals surface area contributed by atoms with Crippen molar-refractivity contribution in [3.63, 3.8) is 0 Å². The minimum Gasteiger partial charge on any atom is -1.00 e. The zero-order chi connectivity index (χ0) is 16.0. The first-order valence-corrected chi connectivity index (χ1v) is 11.7. The molecule has 1 aliphatic carbocycles. The maximum atomic E-state index is 3.97. The molecule has 0 amide bonds. The van der Waals surface area contributed by atoms with Gasteiger partial charge < -0.3 is 34.7 Å². The van der Waals surface area contributed by atoms with Crippen LogP contribution >= 0.6 is 0 Å². The van der Waals surface area contributed by atoms with Gasteiger partial charge in [0.25, 0.3) is 0 Å². The molecule has 25 heavy (non-hydrogen) atoms. The van der Waals surface area contributed by atoms with Crippen molar-refractivity contribution in [3.8, 4) is 0 Å². The Morgan fingerprint density at radius 3 is 2.16 bits per heavy atom. The van der Waals surface area contributed by atoms with Gasteiger partial charge in [-0.15, -0.1) is 0 Å². The fourth-order valence-electron chi connectivity index (χ4n) is 4.21. The van der Waals surface area contributed by atoms with Gasteiger partial charge in [-0.2, -0.15) is 0 Å². The summed E-state index contributed by atoms with van der Waals surface area (Å²) in [5.74, 6) is 0. The number of hydrogen-bond donors (Lipinski definition) is 1. The van der Waals surface area contributed by atoms with Crippen LogP contribution in [0.2, 0.25) is 13.1 Å². The molecule has 0 bridgehead atoms. The number of fused-ring (bicyclic) bond motifs is 1. The van der Waals surface area contributed by atoms with E-state index < -0.39 is 8.24 Å². The predicted molar refractivity (Wildman–Crippen MR) is 98.3 cm³/mol. The van der Waals surface area contributed by atoms with E-state index in [4.69, 9.17) is 0 Å². The van der Waals surface area contributed by atoms with Gasteiger partial charge in [-0.3, -0.25) is 0 Å². The van der Waals surface area contributed by atoms with Crippen LogP contribution in [0.4, 0.5) is 0 Å². The van der Waals surface area contributed by atoms with E-state index in [1.54, 1.807) is 0 Å². The van der Waals surface area contributed by atoms with E-state index in [0.29, 0.717) is 5.54 Å². The van der Waals surface area contributed by atoms with Crippen molar-refractivity contribution in [2.75, 3.05) is 13.1 Å². The van der Waals surface area contributed by atoms with Crippen LogP contribution in [-0.4, -0.2) is 31.8 Å². The van der Waals surface area contributed by atoms with Gasteiger partial charge in [-0.25, -0.2) is 0 Å². The third-order valence-corrected chi connectivity index (χ3v) is 8.24. The van der Waals surface area contributed by atoms with Crippen LogP contribution in [-0.2, 0) is 25.8 Å².